The van der Waals surface area contributed by atoms with Crippen molar-refractivity contribution in [3.63, 3.8) is 0 Å². The highest BCUT2D eigenvalue weighted by molar-refractivity contribution is 7.13. The summed E-state index contributed by atoms with van der Waals surface area (Å²) in [6.07, 6.45) is 1.65. The van der Waals surface area contributed by atoms with E-state index in [4.69, 9.17) is 0 Å². The fourth-order valence-corrected chi connectivity index (χ4v) is 3.12. The molecule has 1 N–H and O–H groups in total. The van der Waals surface area contributed by atoms with Gasteiger partial charge in [0.2, 0.25) is 11.8 Å². The molecule has 0 radical (unpaired) electrons. The van der Waals surface area contributed by atoms with Crippen LogP contribution in [0.2, 0.25) is 0 Å². The van der Waals surface area contributed by atoms with Gasteiger partial charge in [0.25, 0.3) is 5.69 Å². The predicted octanol–water partition coefficient (Wildman–Crippen LogP) is 2.35. The van der Waals surface area contributed by atoms with E-state index in [0.29, 0.717) is 16.4 Å². The molecule has 24 heavy (non-hydrogen) atoms. The lowest BCUT2D eigenvalue weighted by Gasteiger charge is -2.16. The Balaban J connectivity index is 1.76. The highest BCUT2D eigenvalue weighted by Gasteiger charge is 2.36. The first-order valence-electron chi connectivity index (χ1n) is 7.21. The summed E-state index contributed by atoms with van der Waals surface area (Å²) >= 11 is 1.30. The molecule has 2 aromatic rings. The number of aromatic nitrogens is 1. The molecule has 1 atom stereocenters. The van der Waals surface area contributed by atoms with Crippen molar-refractivity contribution in [2.75, 3.05) is 16.8 Å². The van der Waals surface area contributed by atoms with Crippen LogP contribution in [0.15, 0.2) is 29.8 Å². The van der Waals surface area contributed by atoms with Crippen LogP contribution in [0, 0.1) is 23.0 Å². The van der Waals surface area contributed by atoms with Crippen LogP contribution >= 0.6 is 11.3 Å². The number of carbonyl (C=O) groups excluding carboxylic acids is 2. The minimum atomic E-state index is -0.512. The number of thiazole rings is 1. The lowest BCUT2D eigenvalue weighted by molar-refractivity contribution is -0.385. The lowest BCUT2D eigenvalue weighted by atomic mass is 10.1. The van der Waals surface area contributed by atoms with Gasteiger partial charge >= 0.3 is 0 Å². The van der Waals surface area contributed by atoms with Crippen molar-refractivity contribution in [1.29, 1.82) is 0 Å². The third-order valence-electron chi connectivity index (χ3n) is 3.86. The standard InChI is InChI=1S/C15H14N4O4S/c1-9-2-3-11(7-12(9)19(22)23)18-8-10(6-13(18)20)14(21)17-15-16-4-5-24-15/h2-5,7,10H,6,8H2,1H3,(H,16,17,21)/t10-/m1/s1. The molecule has 1 aliphatic rings. The topological polar surface area (TPSA) is 105 Å². The number of aryl methyl sites for hydroxylation is 1. The van der Waals surface area contributed by atoms with Gasteiger partial charge in [-0.2, -0.15) is 0 Å². The Morgan fingerprint density at radius 3 is 2.96 bits per heavy atom. The Labute approximate surface area is 141 Å². The zero-order valence-electron chi connectivity index (χ0n) is 12.8. The van der Waals surface area contributed by atoms with Crippen LogP contribution in [0.1, 0.15) is 12.0 Å². The van der Waals surface area contributed by atoms with Gasteiger partial charge in [-0.3, -0.25) is 19.7 Å². The number of nitrogens with zero attached hydrogens (tertiary/aromatic N) is 3. The predicted molar refractivity (Wildman–Crippen MR) is 89.0 cm³/mol. The summed E-state index contributed by atoms with van der Waals surface area (Å²) in [4.78, 5) is 40.4. The van der Waals surface area contributed by atoms with Gasteiger partial charge in [-0.1, -0.05) is 6.07 Å². The molecule has 124 valence electrons. The molecule has 1 fully saturated rings. The smallest absolute Gasteiger partial charge is 0.274 e. The molecule has 0 saturated carbocycles. The molecule has 1 saturated heterocycles. The van der Waals surface area contributed by atoms with Crippen LogP contribution in [0.25, 0.3) is 0 Å². The van der Waals surface area contributed by atoms with E-state index >= 15 is 0 Å². The number of nitrogens with one attached hydrogen (secondary N) is 1. The van der Waals surface area contributed by atoms with Crippen LogP contribution in [-0.2, 0) is 9.59 Å². The average Bonchev–Trinajstić information content (AvgIpc) is 3.17. The minimum absolute atomic E-state index is 0.0454. The largest absolute Gasteiger partial charge is 0.311 e. The zero-order valence-corrected chi connectivity index (χ0v) is 13.6. The van der Waals surface area contributed by atoms with E-state index in [1.54, 1.807) is 30.6 Å². The molecule has 0 bridgehead atoms. The Morgan fingerprint density at radius 1 is 1.50 bits per heavy atom. The summed E-state index contributed by atoms with van der Waals surface area (Å²) in [5, 5.41) is 16.0. The van der Waals surface area contributed by atoms with Gasteiger partial charge in [0, 0.05) is 36.2 Å². The minimum Gasteiger partial charge on any atom is -0.311 e. The fourth-order valence-electron chi connectivity index (χ4n) is 2.59. The second kappa shape index (κ2) is 6.36. The summed E-state index contributed by atoms with van der Waals surface area (Å²) in [6.45, 7) is 1.83. The molecular weight excluding hydrogens is 332 g/mol. The molecule has 2 heterocycles. The summed E-state index contributed by atoms with van der Waals surface area (Å²) in [5.41, 5.74) is 0.909. The van der Waals surface area contributed by atoms with Crippen LogP contribution < -0.4 is 10.2 Å². The highest BCUT2D eigenvalue weighted by Crippen LogP contribution is 2.30. The van der Waals surface area contributed by atoms with Crippen molar-refractivity contribution in [2.45, 2.75) is 13.3 Å². The first-order chi connectivity index (χ1) is 11.5. The van der Waals surface area contributed by atoms with Gasteiger partial charge in [0.15, 0.2) is 5.13 Å². The van der Waals surface area contributed by atoms with Crippen molar-refractivity contribution in [3.8, 4) is 0 Å². The zero-order chi connectivity index (χ0) is 17.3. The number of anilines is 2. The monoisotopic (exact) mass is 346 g/mol. The van der Waals surface area contributed by atoms with E-state index in [2.05, 4.69) is 10.3 Å². The molecule has 0 spiro atoms. The normalized spacial score (nSPS) is 17.1. The van der Waals surface area contributed by atoms with Crippen LogP contribution in [0.5, 0.6) is 0 Å². The van der Waals surface area contributed by atoms with E-state index in [1.807, 2.05) is 0 Å². The van der Waals surface area contributed by atoms with E-state index < -0.39 is 10.8 Å². The SMILES string of the molecule is Cc1ccc(N2C[C@H](C(=O)Nc3nccs3)CC2=O)cc1[N+](=O)[O-]. The number of nitro benzene ring substituents is 1. The van der Waals surface area contributed by atoms with Crippen molar-refractivity contribution in [3.05, 3.63) is 45.5 Å². The second-order valence-electron chi connectivity index (χ2n) is 5.46. The molecule has 1 aromatic heterocycles. The molecular formula is C15H14N4O4S. The van der Waals surface area contributed by atoms with E-state index in [9.17, 15) is 19.7 Å². The Hall–Kier alpha value is -2.81. The van der Waals surface area contributed by atoms with Crippen molar-refractivity contribution in [2.24, 2.45) is 5.92 Å². The number of hydrogen-bond acceptors (Lipinski definition) is 6. The maximum Gasteiger partial charge on any atom is 0.274 e. The first kappa shape index (κ1) is 16.1. The maximum atomic E-state index is 12.2. The first-order valence-corrected chi connectivity index (χ1v) is 8.09. The third kappa shape index (κ3) is 3.11. The van der Waals surface area contributed by atoms with Gasteiger partial charge in [-0.25, -0.2) is 4.98 Å². The van der Waals surface area contributed by atoms with Gasteiger partial charge in [0.05, 0.1) is 16.5 Å². The second-order valence-corrected chi connectivity index (χ2v) is 6.35. The van der Waals surface area contributed by atoms with Gasteiger partial charge < -0.3 is 10.2 Å². The van der Waals surface area contributed by atoms with Crippen LogP contribution in [-0.4, -0.2) is 28.3 Å². The number of hydrogen-bond donors (Lipinski definition) is 1. The molecule has 9 heteroatoms. The Morgan fingerprint density at radius 2 is 2.29 bits per heavy atom. The Kier molecular flexibility index (Phi) is 4.26. The Bertz CT molecular complexity index is 806. The molecule has 1 aliphatic heterocycles. The number of carbonyl (C=O) groups is 2. The molecule has 0 aliphatic carbocycles. The molecule has 0 unspecified atom stereocenters. The van der Waals surface area contributed by atoms with Crippen molar-refractivity contribution in [1.82, 2.24) is 4.98 Å². The number of nitro groups is 1. The van der Waals surface area contributed by atoms with Crippen molar-refractivity contribution < 1.29 is 14.5 Å². The van der Waals surface area contributed by atoms with Gasteiger partial charge in [-0.15, -0.1) is 11.3 Å². The molecule has 8 nitrogen and oxygen atoms in total. The number of amides is 2. The van der Waals surface area contributed by atoms with E-state index in [0.717, 1.165) is 0 Å². The summed E-state index contributed by atoms with van der Waals surface area (Å²) < 4.78 is 0. The third-order valence-corrected chi connectivity index (χ3v) is 4.55. The molecule has 3 rings (SSSR count). The summed E-state index contributed by atoms with van der Waals surface area (Å²) in [5.74, 6) is -1.02. The van der Waals surface area contributed by atoms with Crippen LogP contribution in [0.4, 0.5) is 16.5 Å². The van der Waals surface area contributed by atoms with E-state index in [-0.39, 0.29) is 30.5 Å². The lowest BCUT2D eigenvalue weighted by Crippen LogP contribution is -2.28. The summed E-state index contributed by atoms with van der Waals surface area (Å²) in [7, 11) is 0. The number of rotatable bonds is 4. The highest BCUT2D eigenvalue weighted by atomic mass is 32.1. The van der Waals surface area contributed by atoms with Gasteiger partial charge in [0.1, 0.15) is 0 Å². The number of benzene rings is 1. The molecule has 2 amide bonds. The van der Waals surface area contributed by atoms with Gasteiger partial charge in [-0.05, 0) is 13.0 Å². The fraction of sp³-hybridized carbons (Fsp3) is 0.267. The summed E-state index contributed by atoms with van der Waals surface area (Å²) in [6, 6.07) is 4.62. The quantitative estimate of drug-likeness (QED) is 0.676. The maximum absolute atomic E-state index is 12.2. The van der Waals surface area contributed by atoms with E-state index in [1.165, 1.54) is 22.3 Å². The van der Waals surface area contributed by atoms with Crippen molar-refractivity contribution >= 4 is 39.7 Å². The average molecular weight is 346 g/mol. The molecule has 1 aromatic carbocycles. The van der Waals surface area contributed by atoms with Crippen LogP contribution in [0.3, 0.4) is 0 Å².